The van der Waals surface area contributed by atoms with Gasteiger partial charge >= 0.3 is 6.03 Å². The average Bonchev–Trinajstić information content (AvgIpc) is 2.66. The van der Waals surface area contributed by atoms with Gasteiger partial charge < -0.3 is 15.1 Å². The van der Waals surface area contributed by atoms with Gasteiger partial charge in [-0.15, -0.1) is 0 Å². The molecule has 28 heavy (non-hydrogen) atoms. The molecule has 158 valence electrons. The molecule has 0 bridgehead atoms. The number of likely N-dealkylation sites (tertiary alicyclic amines) is 1. The molecule has 0 radical (unpaired) electrons. The van der Waals surface area contributed by atoms with Crippen LogP contribution in [-0.2, 0) is 10.0 Å². The van der Waals surface area contributed by atoms with Gasteiger partial charge in [-0.25, -0.2) is 17.9 Å². The van der Waals surface area contributed by atoms with Gasteiger partial charge in [-0.2, -0.15) is 0 Å². The molecule has 1 aromatic rings. The Labute approximate surface area is 169 Å². The number of hydrogen-bond acceptors (Lipinski definition) is 4. The maximum atomic E-state index is 12.4. The number of rotatable bonds is 9. The van der Waals surface area contributed by atoms with Crippen molar-refractivity contribution in [3.63, 3.8) is 0 Å². The van der Waals surface area contributed by atoms with Gasteiger partial charge in [0.2, 0.25) is 10.0 Å². The Bertz CT molecular complexity index is 731. The van der Waals surface area contributed by atoms with Gasteiger partial charge in [0.1, 0.15) is 0 Å². The lowest BCUT2D eigenvalue weighted by atomic mass is 10.1. The fourth-order valence-corrected chi connectivity index (χ4v) is 4.96. The monoisotopic (exact) mass is 410 g/mol. The van der Waals surface area contributed by atoms with Crippen LogP contribution in [0.3, 0.4) is 0 Å². The molecule has 2 amide bonds. The fourth-order valence-electron chi connectivity index (χ4n) is 3.56. The quantitative estimate of drug-likeness (QED) is 0.655. The highest BCUT2D eigenvalue weighted by molar-refractivity contribution is 7.89. The van der Waals surface area contributed by atoms with Crippen molar-refractivity contribution in [2.24, 2.45) is 0 Å². The summed E-state index contributed by atoms with van der Waals surface area (Å²) in [6, 6.07) is 8.11. The van der Waals surface area contributed by atoms with Crippen molar-refractivity contribution in [1.29, 1.82) is 0 Å². The van der Waals surface area contributed by atoms with Crippen molar-refractivity contribution < 1.29 is 13.2 Å². The molecule has 1 aromatic carbocycles. The number of anilines is 1. The molecule has 0 unspecified atom stereocenters. The van der Waals surface area contributed by atoms with E-state index in [1.165, 1.54) is 11.3 Å². The second-order valence-corrected chi connectivity index (χ2v) is 9.17. The topological polar surface area (TPSA) is 81.8 Å². The third-order valence-corrected chi connectivity index (χ3v) is 6.74. The van der Waals surface area contributed by atoms with E-state index in [1.54, 1.807) is 4.90 Å². The van der Waals surface area contributed by atoms with Crippen LogP contribution in [0, 0.1) is 6.92 Å². The first-order valence-corrected chi connectivity index (χ1v) is 11.8. The molecule has 0 saturated carbocycles. The van der Waals surface area contributed by atoms with Crippen LogP contribution in [0.15, 0.2) is 24.3 Å². The van der Waals surface area contributed by atoms with Crippen molar-refractivity contribution in [2.75, 3.05) is 43.4 Å². The molecule has 2 N–H and O–H groups in total. The summed E-state index contributed by atoms with van der Waals surface area (Å²) in [5, 5.41) is 3.00. The summed E-state index contributed by atoms with van der Waals surface area (Å²) in [6.45, 7) is 9.40. The third kappa shape index (κ3) is 6.67. The Balaban J connectivity index is 1.75. The molecule has 1 heterocycles. The van der Waals surface area contributed by atoms with Crippen LogP contribution in [0.2, 0.25) is 0 Å². The van der Waals surface area contributed by atoms with Gasteiger partial charge in [0.25, 0.3) is 0 Å². The van der Waals surface area contributed by atoms with Gasteiger partial charge in [0, 0.05) is 44.5 Å². The highest BCUT2D eigenvalue weighted by Crippen LogP contribution is 2.18. The molecular weight excluding hydrogens is 376 g/mol. The number of nitrogens with one attached hydrogen (secondary N) is 2. The van der Waals surface area contributed by atoms with E-state index in [0.717, 1.165) is 13.1 Å². The first kappa shape index (κ1) is 22.5. The molecule has 7 nitrogen and oxygen atoms in total. The Kier molecular flexibility index (Phi) is 8.57. The highest BCUT2D eigenvalue weighted by Gasteiger charge is 2.25. The van der Waals surface area contributed by atoms with E-state index in [4.69, 9.17) is 0 Å². The summed E-state index contributed by atoms with van der Waals surface area (Å²) in [5.74, 6) is 0.155. The normalized spacial score (nSPS) is 15.5. The van der Waals surface area contributed by atoms with Crippen LogP contribution in [0.4, 0.5) is 10.5 Å². The van der Waals surface area contributed by atoms with E-state index >= 15 is 0 Å². The standard InChI is InChI=1S/C20H34N4O3S/c1-4-16-28(26,27)22-18-10-13-24(14-11-18)20(25)21-12-15-23(5-2)19-9-7-6-8-17(19)3/h6-9,18,22H,4-5,10-16H2,1-3H3,(H,21,25). The van der Waals surface area contributed by atoms with Crippen molar-refractivity contribution in [3.8, 4) is 0 Å². The molecule has 1 fully saturated rings. The number of nitrogens with zero attached hydrogens (tertiary/aromatic N) is 2. The minimum atomic E-state index is -3.20. The second kappa shape index (κ2) is 10.7. The minimum Gasteiger partial charge on any atom is -0.370 e. The number of carbonyl (C=O) groups excluding carboxylic acids is 1. The minimum absolute atomic E-state index is 0.0720. The van der Waals surface area contributed by atoms with Gasteiger partial charge in [-0.3, -0.25) is 0 Å². The second-order valence-electron chi connectivity index (χ2n) is 7.30. The van der Waals surface area contributed by atoms with Crippen LogP contribution in [0.5, 0.6) is 0 Å². The highest BCUT2D eigenvalue weighted by atomic mass is 32.2. The number of amides is 2. The molecule has 1 aliphatic heterocycles. The number of aryl methyl sites for hydroxylation is 1. The lowest BCUT2D eigenvalue weighted by molar-refractivity contribution is 0.180. The zero-order valence-electron chi connectivity index (χ0n) is 17.3. The summed E-state index contributed by atoms with van der Waals surface area (Å²) in [5.41, 5.74) is 2.42. The van der Waals surface area contributed by atoms with Crippen molar-refractivity contribution in [3.05, 3.63) is 29.8 Å². The van der Waals surface area contributed by atoms with Crippen LogP contribution in [0.25, 0.3) is 0 Å². The maximum Gasteiger partial charge on any atom is 0.317 e. The first-order valence-electron chi connectivity index (χ1n) is 10.2. The number of para-hydroxylation sites is 1. The predicted octanol–water partition coefficient (Wildman–Crippen LogP) is 2.32. The van der Waals surface area contributed by atoms with Crippen LogP contribution >= 0.6 is 0 Å². The van der Waals surface area contributed by atoms with E-state index in [2.05, 4.69) is 40.9 Å². The summed E-state index contributed by atoms with van der Waals surface area (Å²) in [7, 11) is -3.20. The average molecular weight is 411 g/mol. The fraction of sp³-hybridized carbons (Fsp3) is 0.650. The molecular formula is C20H34N4O3S. The van der Waals surface area contributed by atoms with Gasteiger partial charge in [0.05, 0.1) is 5.75 Å². The summed E-state index contributed by atoms with van der Waals surface area (Å²) in [4.78, 5) is 16.5. The molecule has 2 rings (SSSR count). The molecule has 1 aliphatic rings. The Morgan fingerprint density at radius 2 is 1.89 bits per heavy atom. The van der Waals surface area contributed by atoms with Gasteiger partial charge in [-0.1, -0.05) is 25.1 Å². The van der Waals surface area contributed by atoms with Crippen LogP contribution < -0.4 is 14.9 Å². The Morgan fingerprint density at radius 3 is 2.50 bits per heavy atom. The van der Waals surface area contributed by atoms with Crippen LogP contribution in [0.1, 0.15) is 38.7 Å². The summed E-state index contributed by atoms with van der Waals surface area (Å²) >= 11 is 0. The van der Waals surface area contributed by atoms with E-state index in [1.807, 2.05) is 19.1 Å². The van der Waals surface area contributed by atoms with Crippen LogP contribution in [-0.4, -0.2) is 63.9 Å². The first-order chi connectivity index (χ1) is 13.4. The predicted molar refractivity (Wildman–Crippen MR) is 114 cm³/mol. The third-order valence-electron chi connectivity index (χ3n) is 5.10. The zero-order chi connectivity index (χ0) is 20.6. The molecule has 0 aromatic heterocycles. The SMILES string of the molecule is CCCS(=O)(=O)NC1CCN(C(=O)NCCN(CC)c2ccccc2C)CC1. The number of sulfonamides is 1. The van der Waals surface area contributed by atoms with Crippen molar-refractivity contribution in [2.45, 2.75) is 46.1 Å². The number of likely N-dealkylation sites (N-methyl/N-ethyl adjacent to an activating group) is 1. The number of piperidine rings is 1. The van der Waals surface area contributed by atoms with E-state index < -0.39 is 10.0 Å². The van der Waals surface area contributed by atoms with Crippen molar-refractivity contribution >= 4 is 21.7 Å². The number of benzene rings is 1. The molecule has 8 heteroatoms. The number of hydrogen-bond donors (Lipinski definition) is 2. The van der Waals surface area contributed by atoms with E-state index in [-0.39, 0.29) is 17.8 Å². The molecule has 0 spiro atoms. The largest absolute Gasteiger partial charge is 0.370 e. The molecule has 0 atom stereocenters. The van der Waals surface area contributed by atoms with Gasteiger partial charge in [-0.05, 0) is 44.7 Å². The lowest BCUT2D eigenvalue weighted by Gasteiger charge is -2.32. The maximum absolute atomic E-state index is 12.4. The summed E-state index contributed by atoms with van der Waals surface area (Å²) in [6.07, 6.45) is 1.91. The van der Waals surface area contributed by atoms with Crippen molar-refractivity contribution in [1.82, 2.24) is 14.9 Å². The van der Waals surface area contributed by atoms with Gasteiger partial charge in [0.15, 0.2) is 0 Å². The molecule has 0 aliphatic carbocycles. The summed E-state index contributed by atoms with van der Waals surface area (Å²) < 4.78 is 26.5. The number of carbonyl (C=O) groups is 1. The smallest absolute Gasteiger partial charge is 0.317 e. The van der Waals surface area contributed by atoms with E-state index in [0.29, 0.717) is 38.9 Å². The lowest BCUT2D eigenvalue weighted by Crippen LogP contribution is -2.50. The molecule has 1 saturated heterocycles. The Morgan fingerprint density at radius 1 is 1.21 bits per heavy atom. The van der Waals surface area contributed by atoms with E-state index in [9.17, 15) is 13.2 Å². The zero-order valence-corrected chi connectivity index (χ0v) is 18.1. The Hall–Kier alpha value is -1.80. The number of urea groups is 1.